The van der Waals surface area contributed by atoms with Crippen molar-refractivity contribution >= 4 is 52.8 Å². The van der Waals surface area contributed by atoms with E-state index in [1.807, 2.05) is 20.8 Å². The van der Waals surface area contributed by atoms with E-state index in [1.165, 1.54) is 6.92 Å². The average molecular weight is 1770 g/mol. The Morgan fingerprint density at radius 1 is 0.583 bits per heavy atom. The molecule has 37 nitrogen and oxygen atoms in total. The molecule has 3 saturated carbocycles. The lowest BCUT2D eigenvalue weighted by Gasteiger charge is -2.70. The number of carboxylic acids is 2. The molecule has 38 heteroatoms. The molecule has 0 bridgehead atoms. The van der Waals surface area contributed by atoms with Crippen LogP contribution in [0.15, 0.2) is 11.6 Å². The standard InChI is InChI=1S/C77H125IN2O35/c1-34-58(110-66-54(97)49(92)37(85)31-104-66)48(91)35(28-81)65(106-34)113-61-52(95)47(79-45(88)17-15-13-11-9-10-12-14-16-18-46(89)90)39(29-82)107-69(61)115-71(103)80-77(26-25-72(2,3)4)43(87)27-76(8)36(63(77)78)19-20-42-73(5)23-22-44(74(6,33-84)41(73)21-24-75(42,76)7)109-70-62(114-68-56(99)53(96)51(94)40(30-83)108-68)59(57(100)60(112-70)64(101)102)111-67-55(98)50(93)38(86)32-105-67/h19,33-35,37-44,47-63,65-70,81-83,85-87,91-100H,9-18,20-32H2,1-8H3,(H,79,88)(H,80,103)(H,89,90)(H,101,102)/t34?,35?,37-,38-,39?,40?,41?,42?,43+,44+,47+,48?,49?,50?,51+,52?,53?,54?,55?,56?,57+,58+,59?,60?,61?,62?,63?,65+,66+,67+,68+,69+,70-,73?,74?,75?,76?,77+/m1/s1. The number of rotatable bonds is 31. The third-order valence-electron chi connectivity index (χ3n) is 27.1. The molecule has 38 atom stereocenters. The SMILES string of the molecule is CC1O[C@@H](OC2C(O)[C@@H](NC(=O)CCCCCCCCCCC(=O)O)C(CO)O[C@H]2OC(=O)N[C@]2(CCC(C)(C)C)C(I)C3=CCC4C5(C)CC[C@H](O[C@@H]6OC(C(=O)O)[C@@H](O)C(O[C@@H]7OC[C@@H](O)C(O)C7O)C6O[C@@H]6OC(CO)[C@H](O)C(O)C6O)C(C)(C=O)C5CCC4(C)C3(C)C[C@@H]2O)C(CO)C(O)[C@H]1O[C@@H]1OC[C@@H](O)C(O)C1O. The van der Waals surface area contributed by atoms with Crippen LogP contribution >= 0.6 is 22.6 Å². The Balaban J connectivity index is 0.903. The fourth-order valence-corrected chi connectivity index (χ4v) is 21.8. The van der Waals surface area contributed by atoms with Crippen LogP contribution < -0.4 is 10.6 Å². The molecule has 10 aliphatic rings. The van der Waals surface area contributed by atoms with Crippen LogP contribution in [0.25, 0.3) is 0 Å². The highest BCUT2D eigenvalue weighted by atomic mass is 127. The van der Waals surface area contributed by atoms with Crippen LogP contribution in [0.1, 0.15) is 171 Å². The molecule has 4 aliphatic carbocycles. The zero-order valence-corrected chi connectivity index (χ0v) is 68.5. The van der Waals surface area contributed by atoms with Crippen LogP contribution in [0.3, 0.4) is 0 Å². The number of aliphatic carboxylic acids is 2. The maximum atomic E-state index is 15.3. The van der Waals surface area contributed by atoms with E-state index in [4.69, 9.17) is 61.9 Å². The average Bonchev–Trinajstić information content (AvgIpc) is 0.674. The van der Waals surface area contributed by atoms with Crippen LogP contribution in [0.4, 0.5) is 4.79 Å². The number of allylic oxidation sites excluding steroid dienone is 1. The number of amides is 2. The number of unbranched alkanes of at least 4 members (excludes halogenated alkanes) is 7. The zero-order chi connectivity index (χ0) is 84.5. The number of nitrogens with one attached hydrogen (secondary N) is 2. The minimum absolute atomic E-state index is 0.00984. The Labute approximate surface area is 681 Å². The predicted molar refractivity (Wildman–Crippen MR) is 400 cm³/mol. The summed E-state index contributed by atoms with van der Waals surface area (Å²) >= 11 is 2.26. The largest absolute Gasteiger partial charge is 0.481 e. The van der Waals surface area contributed by atoms with E-state index in [0.717, 1.165) is 44.0 Å². The molecule has 6 aliphatic heterocycles. The third kappa shape index (κ3) is 19.4. The van der Waals surface area contributed by atoms with Gasteiger partial charge in [-0.3, -0.25) is 9.59 Å². The third-order valence-corrected chi connectivity index (χ3v) is 28.8. The van der Waals surface area contributed by atoms with Gasteiger partial charge >= 0.3 is 18.0 Å². The molecule has 20 N–H and O–H groups in total. The van der Waals surface area contributed by atoms with Gasteiger partial charge in [-0.1, -0.05) is 121 Å². The fraction of sp³-hybridized carbons (Fsp3) is 0.909. The first-order valence-corrected chi connectivity index (χ1v) is 41.7. The van der Waals surface area contributed by atoms with Crippen LogP contribution in [-0.4, -0.2) is 343 Å². The molecule has 0 spiro atoms. The molecule has 23 unspecified atom stereocenters. The van der Waals surface area contributed by atoms with Crippen molar-refractivity contribution in [3.05, 3.63) is 11.6 Å². The lowest BCUT2D eigenvalue weighted by molar-refractivity contribution is -0.391. The first-order valence-electron chi connectivity index (χ1n) is 40.4. The first kappa shape index (κ1) is 94.0. The van der Waals surface area contributed by atoms with Gasteiger partial charge in [-0.25, -0.2) is 9.59 Å². The number of aldehydes is 1. The van der Waals surface area contributed by atoms with Gasteiger partial charge in [0, 0.05) is 12.8 Å². The monoisotopic (exact) mass is 1760 g/mol. The van der Waals surface area contributed by atoms with Gasteiger partial charge in [-0.15, -0.1) is 0 Å². The van der Waals surface area contributed by atoms with Gasteiger partial charge in [0.2, 0.25) is 12.2 Å². The molecule has 0 aromatic rings. The van der Waals surface area contributed by atoms with E-state index in [0.29, 0.717) is 51.4 Å². The number of hydrogen-bond acceptors (Lipinski definition) is 33. The van der Waals surface area contributed by atoms with Crippen molar-refractivity contribution in [2.75, 3.05) is 33.0 Å². The number of ether oxygens (including phenoxy) is 12. The first-order chi connectivity index (χ1) is 54.1. The minimum atomic E-state index is -2.23. The molecule has 6 heterocycles. The van der Waals surface area contributed by atoms with Crippen molar-refractivity contribution < 1.29 is 173 Å². The van der Waals surface area contributed by atoms with Crippen LogP contribution in [0.5, 0.6) is 0 Å². The maximum Gasteiger partial charge on any atom is 0.410 e. The number of aliphatic hydroxyl groups excluding tert-OH is 16. The van der Waals surface area contributed by atoms with E-state index < -0.39 is 283 Å². The molecule has 2 amide bonds. The second kappa shape index (κ2) is 38.7. The van der Waals surface area contributed by atoms with Gasteiger partial charge in [0.05, 0.1) is 84.3 Å². The van der Waals surface area contributed by atoms with Gasteiger partial charge in [-0.2, -0.15) is 0 Å². The maximum absolute atomic E-state index is 15.3. The van der Waals surface area contributed by atoms with Crippen molar-refractivity contribution in [2.24, 2.45) is 44.8 Å². The summed E-state index contributed by atoms with van der Waals surface area (Å²) in [6.45, 7) is 11.9. The molecule has 660 valence electrons. The number of halogens is 1. The summed E-state index contributed by atoms with van der Waals surface area (Å²) in [5.41, 5.74) is -4.71. The summed E-state index contributed by atoms with van der Waals surface area (Å²) in [4.78, 5) is 67.4. The van der Waals surface area contributed by atoms with Gasteiger partial charge < -0.3 is 164 Å². The van der Waals surface area contributed by atoms with E-state index in [-0.39, 0.29) is 38.0 Å². The lowest BCUT2D eigenvalue weighted by atomic mass is 9.35. The Hall–Kier alpha value is -3.26. The highest BCUT2D eigenvalue weighted by Gasteiger charge is 2.71. The number of aliphatic hydroxyl groups is 16. The lowest BCUT2D eigenvalue weighted by Crippen LogP contribution is -2.72. The Bertz CT molecular complexity index is 3270. The van der Waals surface area contributed by atoms with Crippen molar-refractivity contribution in [1.82, 2.24) is 10.6 Å². The second-order valence-corrected chi connectivity index (χ2v) is 36.8. The molecule has 0 aromatic heterocycles. The summed E-state index contributed by atoms with van der Waals surface area (Å²) in [5.74, 6) is -5.29. The molecule has 0 aromatic carbocycles. The van der Waals surface area contributed by atoms with Gasteiger partial charge in [0.1, 0.15) is 104 Å². The van der Waals surface area contributed by atoms with Gasteiger partial charge in [0.25, 0.3) is 0 Å². The Morgan fingerprint density at radius 2 is 1.15 bits per heavy atom. The molecule has 6 saturated heterocycles. The van der Waals surface area contributed by atoms with E-state index in [9.17, 15) is 106 Å². The van der Waals surface area contributed by atoms with Crippen molar-refractivity contribution in [2.45, 2.75) is 358 Å². The van der Waals surface area contributed by atoms with Gasteiger partial charge in [-0.05, 0) is 105 Å². The molecular weight excluding hydrogens is 1640 g/mol. The number of alkyl halides is 1. The van der Waals surface area contributed by atoms with Crippen LogP contribution in [0, 0.1) is 44.8 Å². The zero-order valence-electron chi connectivity index (χ0n) is 66.3. The summed E-state index contributed by atoms with van der Waals surface area (Å²) < 4.78 is 72.3. The predicted octanol–water partition coefficient (Wildman–Crippen LogP) is -1.74. The molecular formula is C77H125IN2O35. The molecule has 9 fully saturated rings. The van der Waals surface area contributed by atoms with Crippen molar-refractivity contribution in [3.8, 4) is 0 Å². The normalized spacial score (nSPS) is 46.9. The van der Waals surface area contributed by atoms with Crippen molar-refractivity contribution in [3.63, 3.8) is 0 Å². The smallest absolute Gasteiger partial charge is 0.410 e. The highest BCUT2D eigenvalue weighted by molar-refractivity contribution is 14.1. The number of alkyl carbamates (subject to hydrolysis) is 1. The van der Waals surface area contributed by atoms with E-state index >= 15 is 4.79 Å². The Kier molecular flexibility index (Phi) is 31.6. The quantitative estimate of drug-likeness (QED) is 0.00914. The summed E-state index contributed by atoms with van der Waals surface area (Å²) in [5, 5.41) is 203. The summed E-state index contributed by atoms with van der Waals surface area (Å²) in [6.07, 6.45) is -39.3. The second-order valence-electron chi connectivity index (χ2n) is 35.6. The van der Waals surface area contributed by atoms with E-state index in [1.54, 1.807) is 6.92 Å². The van der Waals surface area contributed by atoms with E-state index in [2.05, 4.69) is 60.1 Å². The summed E-state index contributed by atoms with van der Waals surface area (Å²) in [7, 11) is 0. The molecule has 10 rings (SSSR count). The summed E-state index contributed by atoms with van der Waals surface area (Å²) in [6, 6.07) is -1.45. The Morgan fingerprint density at radius 3 is 1.72 bits per heavy atom. The topological polar surface area (TPSA) is 584 Å². The highest BCUT2D eigenvalue weighted by Crippen LogP contribution is 2.74. The fourth-order valence-electron chi connectivity index (χ4n) is 19.9. The van der Waals surface area contributed by atoms with Gasteiger partial charge in [0.15, 0.2) is 43.7 Å². The number of hydrogen-bond donors (Lipinski definition) is 20. The molecule has 0 radical (unpaired) electrons. The number of carbonyl (C=O) groups excluding carboxylic acids is 3. The number of fused-ring (bicyclic) bond motifs is 5. The van der Waals surface area contributed by atoms with Crippen LogP contribution in [-0.2, 0) is 76.0 Å². The number of carboxylic acid groups (broad SMARTS) is 2. The molecule has 115 heavy (non-hydrogen) atoms. The number of carbonyl (C=O) groups is 5. The van der Waals surface area contributed by atoms with Crippen molar-refractivity contribution in [1.29, 1.82) is 0 Å². The van der Waals surface area contributed by atoms with Crippen LogP contribution in [0.2, 0.25) is 0 Å². The minimum Gasteiger partial charge on any atom is -0.481 e.